The van der Waals surface area contributed by atoms with Crippen molar-refractivity contribution in [1.29, 1.82) is 0 Å². The maximum Gasteiger partial charge on any atom is 0.328 e. The molecule has 2 heterocycles. The third kappa shape index (κ3) is 5.40. The lowest BCUT2D eigenvalue weighted by molar-refractivity contribution is -0.131. The molecule has 1 atom stereocenters. The molecule has 3 N–H and O–H groups in total. The Balaban J connectivity index is 1.67. The van der Waals surface area contributed by atoms with Crippen molar-refractivity contribution >= 4 is 41.1 Å². The minimum atomic E-state index is -1.02. The summed E-state index contributed by atoms with van der Waals surface area (Å²) in [4.78, 5) is 19.9. The molecule has 1 aliphatic rings. The highest BCUT2D eigenvalue weighted by Crippen LogP contribution is 2.30. The molecule has 1 aromatic heterocycles. The lowest BCUT2D eigenvalue weighted by Crippen LogP contribution is -2.20. The van der Waals surface area contributed by atoms with Gasteiger partial charge < -0.3 is 20.5 Å². The number of benzene rings is 2. The van der Waals surface area contributed by atoms with Crippen LogP contribution >= 0.6 is 11.6 Å². The van der Waals surface area contributed by atoms with Crippen LogP contribution < -0.4 is 10.6 Å². The summed E-state index contributed by atoms with van der Waals surface area (Å²) in [6, 6.07) is 11.8. The van der Waals surface area contributed by atoms with Crippen LogP contribution in [0.5, 0.6) is 0 Å². The standard InChI is InChI=1S/C23H20ClFN4O3/c24-19-11-16(5-6-20(19)25)28-23-26-12-18(22(29-23)27-17-8-9-32-13-17)15-3-1-2-14(10-15)4-7-21(30)31/h1-7,10-12,17H,8-9,13H2,(H,30,31)(H2,26,27,28,29)/b7-4+/t17-/m1/s1. The van der Waals surface area contributed by atoms with E-state index in [9.17, 15) is 9.18 Å². The van der Waals surface area contributed by atoms with Crippen LogP contribution in [0, 0.1) is 5.82 Å². The molecule has 7 nitrogen and oxygen atoms in total. The number of rotatable bonds is 7. The summed E-state index contributed by atoms with van der Waals surface area (Å²) < 4.78 is 18.9. The number of hydrogen-bond donors (Lipinski definition) is 3. The summed E-state index contributed by atoms with van der Waals surface area (Å²) in [5, 5.41) is 15.3. The van der Waals surface area contributed by atoms with E-state index in [2.05, 4.69) is 20.6 Å². The zero-order valence-electron chi connectivity index (χ0n) is 16.9. The molecule has 0 spiro atoms. The molecule has 9 heteroatoms. The van der Waals surface area contributed by atoms with Crippen LogP contribution in [-0.2, 0) is 9.53 Å². The first-order valence-electron chi connectivity index (χ1n) is 9.93. The molecule has 0 radical (unpaired) electrons. The molecule has 0 amide bonds. The zero-order valence-corrected chi connectivity index (χ0v) is 17.6. The molecule has 0 unspecified atom stereocenters. The Morgan fingerprint density at radius 1 is 1.28 bits per heavy atom. The average Bonchev–Trinajstić information content (AvgIpc) is 3.28. The highest BCUT2D eigenvalue weighted by atomic mass is 35.5. The number of carboxylic acid groups (broad SMARTS) is 1. The summed E-state index contributed by atoms with van der Waals surface area (Å²) >= 11 is 5.87. The molecule has 0 bridgehead atoms. The first kappa shape index (κ1) is 21.7. The van der Waals surface area contributed by atoms with Gasteiger partial charge in [-0.25, -0.2) is 14.2 Å². The molecule has 32 heavy (non-hydrogen) atoms. The van der Waals surface area contributed by atoms with E-state index >= 15 is 0 Å². The number of halogens is 2. The van der Waals surface area contributed by atoms with E-state index in [1.807, 2.05) is 24.3 Å². The normalized spacial score (nSPS) is 15.8. The first-order chi connectivity index (χ1) is 15.5. The lowest BCUT2D eigenvalue weighted by atomic mass is 10.0. The minimum Gasteiger partial charge on any atom is -0.478 e. The van der Waals surface area contributed by atoms with Crippen LogP contribution in [0.25, 0.3) is 17.2 Å². The molecule has 2 aromatic carbocycles. The Hall–Kier alpha value is -3.49. The van der Waals surface area contributed by atoms with Crippen molar-refractivity contribution in [3.05, 3.63) is 71.1 Å². The summed E-state index contributed by atoms with van der Waals surface area (Å²) in [6.45, 7) is 1.24. The van der Waals surface area contributed by atoms with Crippen LogP contribution in [0.4, 0.5) is 21.8 Å². The fourth-order valence-electron chi connectivity index (χ4n) is 3.29. The lowest BCUT2D eigenvalue weighted by Gasteiger charge is -2.17. The number of aliphatic carboxylic acids is 1. The van der Waals surface area contributed by atoms with Gasteiger partial charge in [-0.1, -0.05) is 29.8 Å². The molecule has 164 valence electrons. The Kier molecular flexibility index (Phi) is 6.63. The van der Waals surface area contributed by atoms with Crippen molar-refractivity contribution in [3.63, 3.8) is 0 Å². The van der Waals surface area contributed by atoms with Crippen molar-refractivity contribution in [3.8, 4) is 11.1 Å². The van der Waals surface area contributed by atoms with Crippen molar-refractivity contribution in [2.24, 2.45) is 0 Å². The fourth-order valence-corrected chi connectivity index (χ4v) is 3.47. The highest BCUT2D eigenvalue weighted by Gasteiger charge is 2.19. The van der Waals surface area contributed by atoms with E-state index < -0.39 is 11.8 Å². The van der Waals surface area contributed by atoms with E-state index in [-0.39, 0.29) is 11.1 Å². The molecule has 1 fully saturated rings. The highest BCUT2D eigenvalue weighted by molar-refractivity contribution is 6.31. The van der Waals surface area contributed by atoms with Crippen molar-refractivity contribution in [2.45, 2.75) is 12.5 Å². The Morgan fingerprint density at radius 2 is 2.16 bits per heavy atom. The average molecular weight is 455 g/mol. The summed E-state index contributed by atoms with van der Waals surface area (Å²) in [5.74, 6) is -0.599. The van der Waals surface area contributed by atoms with E-state index in [1.54, 1.807) is 12.3 Å². The second-order valence-corrected chi connectivity index (χ2v) is 7.62. The number of ether oxygens (including phenoxy) is 1. The number of anilines is 3. The second-order valence-electron chi connectivity index (χ2n) is 7.21. The molecule has 0 aliphatic carbocycles. The van der Waals surface area contributed by atoms with E-state index in [1.165, 1.54) is 18.2 Å². The zero-order chi connectivity index (χ0) is 22.5. The predicted molar refractivity (Wildman–Crippen MR) is 122 cm³/mol. The molecule has 4 rings (SSSR count). The van der Waals surface area contributed by atoms with Gasteiger partial charge in [-0.3, -0.25) is 0 Å². The van der Waals surface area contributed by atoms with Gasteiger partial charge in [0, 0.05) is 30.1 Å². The SMILES string of the molecule is O=C(O)/C=C/c1cccc(-c2cnc(Nc3ccc(F)c(Cl)c3)nc2N[C@@H]2CCOC2)c1. The second kappa shape index (κ2) is 9.76. The van der Waals surface area contributed by atoms with Crippen LogP contribution in [0.2, 0.25) is 5.02 Å². The largest absolute Gasteiger partial charge is 0.478 e. The first-order valence-corrected chi connectivity index (χ1v) is 10.3. The Bertz CT molecular complexity index is 1170. The van der Waals surface area contributed by atoms with Crippen LogP contribution in [-0.4, -0.2) is 40.3 Å². The van der Waals surface area contributed by atoms with Gasteiger partial charge in [0.05, 0.1) is 17.7 Å². The fraction of sp³-hybridized carbons (Fsp3) is 0.174. The van der Waals surface area contributed by atoms with Gasteiger partial charge in [-0.15, -0.1) is 0 Å². The van der Waals surface area contributed by atoms with E-state index in [4.69, 9.17) is 21.4 Å². The van der Waals surface area contributed by atoms with E-state index in [0.29, 0.717) is 30.7 Å². The van der Waals surface area contributed by atoms with Gasteiger partial charge in [0.15, 0.2) is 0 Å². The predicted octanol–water partition coefficient (Wildman–Crippen LogP) is 4.98. The molecule has 0 saturated carbocycles. The number of nitrogens with zero attached hydrogens (tertiary/aromatic N) is 2. The Morgan fingerprint density at radius 3 is 2.91 bits per heavy atom. The van der Waals surface area contributed by atoms with Gasteiger partial charge in [-0.2, -0.15) is 4.98 Å². The van der Waals surface area contributed by atoms with Crippen molar-refractivity contribution < 1.29 is 19.0 Å². The third-order valence-electron chi connectivity index (χ3n) is 4.85. The summed E-state index contributed by atoms with van der Waals surface area (Å²) in [7, 11) is 0. The number of aromatic nitrogens is 2. The van der Waals surface area contributed by atoms with Crippen LogP contribution in [0.3, 0.4) is 0 Å². The van der Waals surface area contributed by atoms with E-state index in [0.717, 1.165) is 29.2 Å². The molecular formula is C23H20ClFN4O3. The smallest absolute Gasteiger partial charge is 0.328 e. The van der Waals surface area contributed by atoms with Gasteiger partial charge in [0.25, 0.3) is 0 Å². The van der Waals surface area contributed by atoms with Gasteiger partial charge in [0.1, 0.15) is 11.6 Å². The number of carboxylic acids is 1. The summed E-state index contributed by atoms with van der Waals surface area (Å²) in [5.41, 5.74) is 2.88. The number of carbonyl (C=O) groups is 1. The van der Waals surface area contributed by atoms with Crippen molar-refractivity contribution in [1.82, 2.24) is 9.97 Å². The van der Waals surface area contributed by atoms with Gasteiger partial charge >= 0.3 is 5.97 Å². The Labute approximate surface area is 188 Å². The quantitative estimate of drug-likeness (QED) is 0.433. The molecule has 1 aliphatic heterocycles. The molecular weight excluding hydrogens is 435 g/mol. The topological polar surface area (TPSA) is 96.4 Å². The van der Waals surface area contributed by atoms with Crippen molar-refractivity contribution in [2.75, 3.05) is 23.8 Å². The summed E-state index contributed by atoms with van der Waals surface area (Å²) in [6.07, 6.45) is 5.14. The monoisotopic (exact) mass is 454 g/mol. The molecule has 1 saturated heterocycles. The minimum absolute atomic E-state index is 0.000645. The maximum absolute atomic E-state index is 13.5. The number of hydrogen-bond acceptors (Lipinski definition) is 6. The van der Waals surface area contributed by atoms with Gasteiger partial charge in [0.2, 0.25) is 5.95 Å². The van der Waals surface area contributed by atoms with Crippen LogP contribution in [0.1, 0.15) is 12.0 Å². The van der Waals surface area contributed by atoms with Crippen LogP contribution in [0.15, 0.2) is 54.7 Å². The third-order valence-corrected chi connectivity index (χ3v) is 5.14. The maximum atomic E-state index is 13.5. The number of nitrogens with one attached hydrogen (secondary N) is 2. The molecule has 3 aromatic rings. The van der Waals surface area contributed by atoms with Gasteiger partial charge in [-0.05, 0) is 47.9 Å².